The molecule has 12 nitrogen and oxygen atoms in total. The van der Waals surface area contributed by atoms with Gasteiger partial charge in [0, 0.05) is 34.2 Å². The van der Waals surface area contributed by atoms with Crippen molar-refractivity contribution in [3.63, 3.8) is 0 Å². The van der Waals surface area contributed by atoms with Gasteiger partial charge in [-0.25, -0.2) is 4.98 Å². The molecular weight excluding hydrogens is 681 g/mol. The van der Waals surface area contributed by atoms with Gasteiger partial charge in [0.2, 0.25) is 17.7 Å². The van der Waals surface area contributed by atoms with Gasteiger partial charge in [-0.3, -0.25) is 28.9 Å². The van der Waals surface area contributed by atoms with Gasteiger partial charge in [0.1, 0.15) is 16.7 Å². The summed E-state index contributed by atoms with van der Waals surface area (Å²) in [6.45, 7) is 11.4. The second kappa shape index (κ2) is 19.3. The highest BCUT2D eigenvalue weighted by molar-refractivity contribution is 7.09. The molecule has 13 heteroatoms. The lowest BCUT2D eigenvalue weighted by atomic mass is 9.91. The lowest BCUT2D eigenvalue weighted by Crippen LogP contribution is -2.60. The number of likely N-dealkylation sites (tertiary alicyclic amines) is 1. The zero-order valence-corrected chi connectivity index (χ0v) is 32.9. The Morgan fingerprint density at radius 1 is 1.08 bits per heavy atom. The summed E-state index contributed by atoms with van der Waals surface area (Å²) in [5.74, 6) is -2.46. The number of benzene rings is 1. The Morgan fingerprint density at radius 2 is 1.79 bits per heavy atom. The van der Waals surface area contributed by atoms with Crippen LogP contribution in [0.2, 0.25) is 0 Å². The predicted molar refractivity (Wildman–Crippen MR) is 204 cm³/mol. The minimum Gasteiger partial charge on any atom is -0.469 e. The van der Waals surface area contributed by atoms with Crippen molar-refractivity contribution in [1.82, 2.24) is 30.7 Å². The number of amides is 4. The maximum atomic E-state index is 14.3. The summed E-state index contributed by atoms with van der Waals surface area (Å²) < 4.78 is 21.1. The number of ether oxygens (including phenoxy) is 1. The van der Waals surface area contributed by atoms with Gasteiger partial charge in [-0.1, -0.05) is 71.4 Å². The average Bonchev–Trinajstić information content (AvgIpc) is 3.83. The number of rotatable bonds is 18. The van der Waals surface area contributed by atoms with Crippen molar-refractivity contribution in [2.75, 3.05) is 27.7 Å². The molecule has 1 aromatic carbocycles. The molecule has 1 saturated heterocycles. The molecule has 0 spiro atoms. The Labute approximate surface area is 316 Å². The zero-order chi connectivity index (χ0) is 40.2. The molecule has 52 heavy (non-hydrogen) atoms. The van der Waals surface area contributed by atoms with E-state index in [1.165, 1.54) is 25.4 Å². The summed E-state index contributed by atoms with van der Waals surface area (Å²) in [6.07, 6.45) is 2.95. The van der Waals surface area contributed by atoms with E-state index in [4.69, 9.17) is 7.48 Å². The molecule has 2 heterocycles. The largest absolute Gasteiger partial charge is 0.469 e. The molecular formula is C39H60N6O6S. The topological polar surface area (TPSA) is 150 Å². The molecule has 0 unspecified atom stereocenters. The van der Waals surface area contributed by atoms with E-state index in [-0.39, 0.29) is 55.3 Å². The monoisotopic (exact) mass is 742 g/mol. The molecule has 2 aromatic rings. The van der Waals surface area contributed by atoms with Crippen molar-refractivity contribution in [3.05, 3.63) is 52.0 Å². The van der Waals surface area contributed by atoms with Crippen molar-refractivity contribution in [1.29, 1.82) is 0 Å². The second-order valence-corrected chi connectivity index (χ2v) is 15.5. The first kappa shape index (κ1) is 39.4. The molecule has 0 aliphatic carbocycles. The number of aromatic nitrogens is 1. The molecule has 0 saturated carbocycles. The van der Waals surface area contributed by atoms with Crippen LogP contribution in [0.5, 0.6) is 0 Å². The van der Waals surface area contributed by atoms with E-state index < -0.39 is 41.4 Å². The Balaban J connectivity index is 1.84. The molecule has 3 N–H and O–H groups in total. The standard InChI is InChI=1S/C39H60N6O6S/c1-11-25(4)33(43-38(50)39(7)18-15-19-44(39)8)36(48)45(9)32(24(2)3)22-30(40-27(6)46)35-42-31(23-52-35)34(47)41-29(20-26(5)37(49)51-10)21-28-16-13-12-14-17-28/h12-14,16-17,23-26,29-30,32-33H,11,15,18-22H2,1-10H3,(H,40,46)(H,41,47)(H,43,50)/t25-,26-,29+,30+,32+,33-,39-/m0/s1/i7D,8D. The summed E-state index contributed by atoms with van der Waals surface area (Å²) in [6, 6.07) is 7.42. The number of esters is 1. The molecule has 1 fully saturated rings. The van der Waals surface area contributed by atoms with Crippen LogP contribution < -0.4 is 16.0 Å². The molecule has 0 bridgehead atoms. The lowest BCUT2D eigenvalue weighted by Gasteiger charge is -2.38. The maximum Gasteiger partial charge on any atom is 0.308 e. The van der Waals surface area contributed by atoms with Crippen LogP contribution in [0.15, 0.2) is 35.7 Å². The van der Waals surface area contributed by atoms with Gasteiger partial charge in [0.25, 0.3) is 5.91 Å². The Kier molecular flexibility index (Phi) is 14.6. The van der Waals surface area contributed by atoms with Crippen LogP contribution in [-0.4, -0.2) is 95.8 Å². The van der Waals surface area contributed by atoms with Crippen LogP contribution in [0.4, 0.5) is 0 Å². The summed E-state index contributed by atoms with van der Waals surface area (Å²) in [5.41, 5.74) is 0.0366. The minimum atomic E-state index is -1.14. The van der Waals surface area contributed by atoms with Gasteiger partial charge >= 0.3 is 5.97 Å². The molecule has 1 aliphatic rings. The third-order valence-corrected chi connectivity index (χ3v) is 11.2. The Morgan fingerprint density at radius 3 is 2.38 bits per heavy atom. The summed E-state index contributed by atoms with van der Waals surface area (Å²) in [5, 5.41) is 11.2. The number of thiazole rings is 1. The number of hydrogen-bond donors (Lipinski definition) is 3. The van der Waals surface area contributed by atoms with Gasteiger partial charge in [-0.15, -0.1) is 11.3 Å². The van der Waals surface area contributed by atoms with E-state index in [0.29, 0.717) is 50.1 Å². The number of likely N-dealkylation sites (N-methyl/N-ethyl adjacent to an activating group) is 2. The van der Waals surface area contributed by atoms with E-state index in [2.05, 4.69) is 20.9 Å². The SMILES string of the molecule is [2H]CN1CCC[C@@]1(C[2H])C(=O)N[C@H](C(=O)N(C)[C@H](C[C@@H](NC(C)=O)c1nc(C(=O)N[C@@H](Cc2ccccc2)C[C@H](C)C(=O)OC)cs1)C(C)C)[C@@H](C)CC. The molecule has 1 aromatic heterocycles. The summed E-state index contributed by atoms with van der Waals surface area (Å²) in [7, 11) is 2.94. The van der Waals surface area contributed by atoms with Crippen LogP contribution in [-0.2, 0) is 30.3 Å². The fourth-order valence-corrected chi connectivity index (χ4v) is 7.61. The van der Waals surface area contributed by atoms with Crippen LogP contribution in [0.1, 0.15) is 110 Å². The van der Waals surface area contributed by atoms with Crippen LogP contribution in [0.3, 0.4) is 0 Å². The van der Waals surface area contributed by atoms with E-state index in [0.717, 1.165) is 5.56 Å². The normalized spacial score (nSPS) is 20.0. The highest BCUT2D eigenvalue weighted by Crippen LogP contribution is 2.30. The number of nitrogens with zero attached hydrogens (tertiary/aromatic N) is 3. The Hall–Kier alpha value is -3.84. The fraction of sp³-hybridized carbons (Fsp3) is 0.641. The van der Waals surface area contributed by atoms with Crippen LogP contribution >= 0.6 is 11.3 Å². The van der Waals surface area contributed by atoms with E-state index in [1.54, 1.807) is 29.2 Å². The lowest BCUT2D eigenvalue weighted by molar-refractivity contribution is -0.145. The molecule has 0 radical (unpaired) electrons. The van der Waals surface area contributed by atoms with Crippen LogP contribution in [0, 0.1) is 17.8 Å². The highest BCUT2D eigenvalue weighted by Gasteiger charge is 2.44. The number of hydrogen-bond acceptors (Lipinski definition) is 9. The summed E-state index contributed by atoms with van der Waals surface area (Å²) >= 11 is 1.24. The third-order valence-electron chi connectivity index (χ3n) is 10.2. The van der Waals surface area contributed by atoms with E-state index in [1.807, 2.05) is 58.0 Å². The van der Waals surface area contributed by atoms with Gasteiger partial charge in [-0.05, 0) is 70.0 Å². The van der Waals surface area contributed by atoms with E-state index >= 15 is 0 Å². The zero-order valence-electron chi connectivity index (χ0n) is 34.1. The van der Waals surface area contributed by atoms with Crippen molar-refractivity contribution < 1.29 is 31.5 Å². The first-order valence-electron chi connectivity index (χ1n) is 19.6. The predicted octanol–water partition coefficient (Wildman–Crippen LogP) is 4.75. The van der Waals surface area contributed by atoms with Crippen LogP contribution in [0.25, 0.3) is 0 Å². The number of methoxy groups -OCH3 is 1. The molecule has 1 aliphatic heterocycles. The molecule has 3 rings (SSSR count). The third kappa shape index (κ3) is 11.1. The van der Waals surface area contributed by atoms with E-state index in [9.17, 15) is 24.0 Å². The Bertz CT molecular complexity index is 1560. The molecule has 4 amide bonds. The smallest absolute Gasteiger partial charge is 0.308 e. The minimum absolute atomic E-state index is 0.0602. The van der Waals surface area contributed by atoms with Gasteiger partial charge in [0.05, 0.1) is 24.6 Å². The van der Waals surface area contributed by atoms with Crippen molar-refractivity contribution >= 4 is 40.9 Å². The van der Waals surface area contributed by atoms with Gasteiger partial charge in [0.15, 0.2) is 0 Å². The average molecular weight is 743 g/mol. The first-order chi connectivity index (χ1) is 25.6. The van der Waals surface area contributed by atoms with Crippen molar-refractivity contribution in [3.8, 4) is 0 Å². The number of carbonyl (C=O) groups is 5. The number of nitrogens with one attached hydrogen (secondary N) is 3. The van der Waals surface area contributed by atoms with Crippen molar-refractivity contribution in [2.24, 2.45) is 17.8 Å². The fourth-order valence-electron chi connectivity index (χ4n) is 6.75. The highest BCUT2D eigenvalue weighted by atomic mass is 32.1. The summed E-state index contributed by atoms with van der Waals surface area (Å²) in [4.78, 5) is 74.5. The van der Waals surface area contributed by atoms with Crippen molar-refractivity contribution in [2.45, 2.75) is 117 Å². The second-order valence-electron chi connectivity index (χ2n) is 14.6. The first-order valence-corrected chi connectivity index (χ1v) is 19.1. The molecule has 288 valence electrons. The van der Waals surface area contributed by atoms with Gasteiger partial charge in [-0.2, -0.15) is 0 Å². The quantitative estimate of drug-likeness (QED) is 0.185. The molecule has 7 atom stereocenters. The number of carbonyl (C=O) groups excluding carboxylic acids is 5. The maximum absolute atomic E-state index is 14.3. The van der Waals surface area contributed by atoms with Gasteiger partial charge < -0.3 is 25.6 Å².